The summed E-state index contributed by atoms with van der Waals surface area (Å²) in [5, 5.41) is 2.56. The Morgan fingerprint density at radius 3 is 2.75 bits per heavy atom. The minimum absolute atomic E-state index is 0.310. The molecule has 0 aliphatic heterocycles. The van der Waals surface area contributed by atoms with E-state index in [4.69, 9.17) is 0 Å². The number of rotatable bonds is 0. The molecule has 0 heterocycles. The van der Waals surface area contributed by atoms with Crippen molar-refractivity contribution in [2.75, 3.05) is 0 Å². The number of aryl methyl sites for hydroxylation is 2. The van der Waals surface area contributed by atoms with Gasteiger partial charge >= 0.3 is 0 Å². The van der Waals surface area contributed by atoms with Crippen LogP contribution in [0.4, 0.5) is 0 Å². The van der Waals surface area contributed by atoms with Crippen LogP contribution >= 0.6 is 0 Å². The predicted molar refractivity (Wildman–Crippen MR) is 66.0 cm³/mol. The van der Waals surface area contributed by atoms with Gasteiger partial charge in [-0.2, -0.15) is 0 Å². The maximum absolute atomic E-state index is 11.8. The van der Waals surface area contributed by atoms with Crippen molar-refractivity contribution >= 4 is 16.6 Å². The molecule has 0 amide bonds. The zero-order valence-electron chi connectivity index (χ0n) is 9.42. The van der Waals surface area contributed by atoms with Crippen LogP contribution in [0.25, 0.3) is 10.8 Å². The molecule has 80 valence electrons. The summed E-state index contributed by atoms with van der Waals surface area (Å²) in [7, 11) is 0. The molecule has 0 N–H and O–H groups in total. The van der Waals surface area contributed by atoms with Crippen molar-refractivity contribution in [1.82, 2.24) is 0 Å². The molecule has 0 spiro atoms. The van der Waals surface area contributed by atoms with Gasteiger partial charge in [-0.15, -0.1) is 0 Å². The molecule has 0 fully saturated rings. The second-order valence-corrected chi connectivity index (χ2v) is 4.54. The number of ketones is 1. The van der Waals surface area contributed by atoms with Crippen molar-refractivity contribution in [2.24, 2.45) is 0 Å². The Labute approximate surface area is 95.1 Å². The van der Waals surface area contributed by atoms with E-state index in [-0.39, 0.29) is 0 Å². The van der Waals surface area contributed by atoms with E-state index >= 15 is 0 Å². The molecule has 0 radical (unpaired) electrons. The quantitative estimate of drug-likeness (QED) is 0.648. The summed E-state index contributed by atoms with van der Waals surface area (Å²) in [6.45, 7) is 2.12. The molecular formula is C15H14O. The highest BCUT2D eigenvalue weighted by molar-refractivity contribution is 6.04. The molecule has 0 unspecified atom stereocenters. The molecule has 0 bridgehead atoms. The highest BCUT2D eigenvalue weighted by Gasteiger charge is 2.18. The molecule has 0 saturated carbocycles. The SMILES string of the molecule is Cc1cccc2c3c(ccc12)C(=O)CCC3. The first-order chi connectivity index (χ1) is 7.77. The van der Waals surface area contributed by atoms with Crippen molar-refractivity contribution in [2.45, 2.75) is 26.2 Å². The van der Waals surface area contributed by atoms with Crippen molar-refractivity contribution in [3.8, 4) is 0 Å². The molecule has 2 aromatic rings. The number of carbonyl (C=O) groups is 1. The van der Waals surface area contributed by atoms with Gasteiger partial charge in [-0.25, -0.2) is 0 Å². The molecule has 1 heteroatoms. The Morgan fingerprint density at radius 2 is 1.88 bits per heavy atom. The Balaban J connectivity index is 2.40. The Bertz CT molecular complexity index is 581. The van der Waals surface area contributed by atoms with E-state index in [1.165, 1.54) is 21.9 Å². The minimum Gasteiger partial charge on any atom is -0.294 e. The molecule has 1 aliphatic rings. The van der Waals surface area contributed by atoms with Gasteiger partial charge in [0.05, 0.1) is 0 Å². The van der Waals surface area contributed by atoms with Gasteiger partial charge in [0.1, 0.15) is 0 Å². The van der Waals surface area contributed by atoms with Gasteiger partial charge in [0.15, 0.2) is 5.78 Å². The van der Waals surface area contributed by atoms with Crippen LogP contribution in [0, 0.1) is 6.92 Å². The average Bonchev–Trinajstić information content (AvgIpc) is 2.30. The molecule has 1 aliphatic carbocycles. The normalized spacial score (nSPS) is 15.2. The maximum atomic E-state index is 11.8. The van der Waals surface area contributed by atoms with Crippen LogP contribution in [0.1, 0.15) is 34.3 Å². The van der Waals surface area contributed by atoms with Gasteiger partial charge in [-0.3, -0.25) is 4.79 Å². The number of hydrogen-bond donors (Lipinski definition) is 0. The van der Waals surface area contributed by atoms with Gasteiger partial charge in [-0.1, -0.05) is 30.3 Å². The summed E-state index contributed by atoms with van der Waals surface area (Å²) in [6, 6.07) is 10.4. The molecule has 0 saturated heterocycles. The third kappa shape index (κ3) is 1.28. The number of benzene rings is 2. The molecule has 0 atom stereocenters. The van der Waals surface area contributed by atoms with Crippen LogP contribution in [0.3, 0.4) is 0 Å². The first-order valence-corrected chi connectivity index (χ1v) is 5.82. The average molecular weight is 210 g/mol. The fourth-order valence-electron chi connectivity index (χ4n) is 2.67. The zero-order chi connectivity index (χ0) is 11.1. The van der Waals surface area contributed by atoms with Crippen molar-refractivity contribution in [3.63, 3.8) is 0 Å². The first-order valence-electron chi connectivity index (χ1n) is 5.82. The smallest absolute Gasteiger partial charge is 0.163 e. The van der Waals surface area contributed by atoms with Crippen molar-refractivity contribution < 1.29 is 4.79 Å². The van der Waals surface area contributed by atoms with Gasteiger partial charge in [-0.05, 0) is 41.7 Å². The van der Waals surface area contributed by atoms with E-state index in [0.29, 0.717) is 12.2 Å². The fourth-order valence-corrected chi connectivity index (χ4v) is 2.67. The second kappa shape index (κ2) is 3.44. The highest BCUT2D eigenvalue weighted by Crippen LogP contribution is 2.30. The third-order valence-electron chi connectivity index (χ3n) is 3.52. The maximum Gasteiger partial charge on any atom is 0.163 e. The number of hydrogen-bond acceptors (Lipinski definition) is 1. The van der Waals surface area contributed by atoms with Crippen LogP contribution < -0.4 is 0 Å². The fraction of sp³-hybridized carbons (Fsp3) is 0.267. The lowest BCUT2D eigenvalue weighted by Crippen LogP contribution is -2.11. The number of carbonyl (C=O) groups excluding carboxylic acids is 1. The van der Waals surface area contributed by atoms with Crippen LogP contribution in [0.15, 0.2) is 30.3 Å². The van der Waals surface area contributed by atoms with E-state index in [0.717, 1.165) is 18.4 Å². The van der Waals surface area contributed by atoms with E-state index < -0.39 is 0 Å². The largest absolute Gasteiger partial charge is 0.294 e. The third-order valence-corrected chi connectivity index (χ3v) is 3.52. The van der Waals surface area contributed by atoms with Crippen LogP contribution in [0.2, 0.25) is 0 Å². The zero-order valence-corrected chi connectivity index (χ0v) is 9.42. The lowest BCUT2D eigenvalue weighted by molar-refractivity contribution is 0.0973. The minimum atomic E-state index is 0.310. The summed E-state index contributed by atoms with van der Waals surface area (Å²) >= 11 is 0. The number of fused-ring (bicyclic) bond motifs is 3. The molecule has 2 aromatic carbocycles. The van der Waals surface area contributed by atoms with Crippen LogP contribution in [-0.4, -0.2) is 5.78 Å². The molecule has 3 rings (SSSR count). The lowest BCUT2D eigenvalue weighted by atomic mass is 9.86. The monoisotopic (exact) mass is 210 g/mol. The predicted octanol–water partition coefficient (Wildman–Crippen LogP) is 3.67. The molecule has 1 nitrogen and oxygen atoms in total. The molecule has 0 aromatic heterocycles. The summed E-state index contributed by atoms with van der Waals surface area (Å²) in [5.41, 5.74) is 3.50. The van der Waals surface area contributed by atoms with Crippen molar-refractivity contribution in [3.05, 3.63) is 47.0 Å². The standard InChI is InChI=1S/C15H14O/c1-10-4-2-5-12-11(10)8-9-14-13(12)6-3-7-15(14)16/h2,4-5,8-9H,3,6-7H2,1H3. The second-order valence-electron chi connectivity index (χ2n) is 4.54. The summed E-state index contributed by atoms with van der Waals surface area (Å²) in [5.74, 6) is 0.310. The van der Waals surface area contributed by atoms with Gasteiger partial charge in [0.2, 0.25) is 0 Å². The summed E-state index contributed by atoms with van der Waals surface area (Å²) in [4.78, 5) is 11.8. The van der Waals surface area contributed by atoms with Gasteiger partial charge in [0, 0.05) is 12.0 Å². The Kier molecular flexibility index (Phi) is 2.06. The molecule has 16 heavy (non-hydrogen) atoms. The van der Waals surface area contributed by atoms with E-state index in [1.807, 2.05) is 6.07 Å². The highest BCUT2D eigenvalue weighted by atomic mass is 16.1. The number of Topliss-reactive ketones (excluding diaryl/α,β-unsaturated/α-hetero) is 1. The molecular weight excluding hydrogens is 196 g/mol. The summed E-state index contributed by atoms with van der Waals surface area (Å²) < 4.78 is 0. The first kappa shape index (κ1) is 9.59. The topological polar surface area (TPSA) is 17.1 Å². The van der Waals surface area contributed by atoms with Crippen LogP contribution in [-0.2, 0) is 6.42 Å². The van der Waals surface area contributed by atoms with E-state index in [9.17, 15) is 4.79 Å². The lowest BCUT2D eigenvalue weighted by Gasteiger charge is -2.17. The van der Waals surface area contributed by atoms with E-state index in [1.54, 1.807) is 0 Å². The van der Waals surface area contributed by atoms with Crippen LogP contribution in [0.5, 0.6) is 0 Å². The Morgan fingerprint density at radius 1 is 1.00 bits per heavy atom. The Hall–Kier alpha value is -1.63. The summed E-state index contributed by atoms with van der Waals surface area (Å²) in [6.07, 6.45) is 2.76. The van der Waals surface area contributed by atoms with Crippen molar-refractivity contribution in [1.29, 1.82) is 0 Å². The van der Waals surface area contributed by atoms with E-state index in [2.05, 4.69) is 31.2 Å². The van der Waals surface area contributed by atoms with Gasteiger partial charge in [0.25, 0.3) is 0 Å². The van der Waals surface area contributed by atoms with Gasteiger partial charge < -0.3 is 0 Å².